The highest BCUT2D eigenvalue weighted by Gasteiger charge is 2.40. The first-order chi connectivity index (χ1) is 12.2. The molecule has 0 spiro atoms. The summed E-state index contributed by atoms with van der Waals surface area (Å²) in [5.41, 5.74) is 5.92. The summed E-state index contributed by atoms with van der Waals surface area (Å²) in [5, 5.41) is 1.12. The minimum absolute atomic E-state index is 0.184. The van der Waals surface area contributed by atoms with Gasteiger partial charge in [-0.1, -0.05) is 24.3 Å². The smallest absolute Gasteiger partial charge is 0.254 e. The average molecular weight is 330 g/mol. The molecule has 3 aromatic rings. The van der Waals surface area contributed by atoms with Crippen LogP contribution in [0.1, 0.15) is 45.9 Å². The molecule has 1 saturated heterocycles. The molecule has 1 N–H and O–H groups in total. The number of piperidine rings is 1. The molecule has 1 unspecified atom stereocenters. The van der Waals surface area contributed by atoms with E-state index in [0.29, 0.717) is 12.0 Å². The largest absolute Gasteiger partial charge is 0.359 e. The number of likely N-dealkylation sites (tertiary alicyclic amines) is 1. The number of nitrogens with zero attached hydrogens (tertiary/aromatic N) is 1. The van der Waals surface area contributed by atoms with E-state index in [2.05, 4.69) is 40.2 Å². The Morgan fingerprint density at radius 2 is 2.04 bits per heavy atom. The normalized spacial score (nSPS) is 22.0. The minimum Gasteiger partial charge on any atom is -0.359 e. The SMILES string of the molecule is Cc1cc2cc(C(=O)N3CCCC4c5ccccc5C[C@@H]43)ccc2[nH]1. The second-order valence-electron chi connectivity index (χ2n) is 7.47. The molecule has 2 atom stereocenters. The average Bonchev–Trinajstić information content (AvgIpc) is 3.19. The Bertz CT molecular complexity index is 971. The summed E-state index contributed by atoms with van der Waals surface area (Å²) in [5.74, 6) is 0.690. The molecule has 0 saturated carbocycles. The number of nitrogens with one attached hydrogen (secondary N) is 1. The van der Waals surface area contributed by atoms with Crippen LogP contribution in [0.15, 0.2) is 48.5 Å². The van der Waals surface area contributed by atoms with Gasteiger partial charge in [0.25, 0.3) is 5.91 Å². The van der Waals surface area contributed by atoms with E-state index in [1.165, 1.54) is 17.5 Å². The number of aryl methyl sites for hydroxylation is 1. The third kappa shape index (κ3) is 2.30. The molecule has 3 nitrogen and oxygen atoms in total. The molecule has 25 heavy (non-hydrogen) atoms. The number of carbonyl (C=O) groups is 1. The molecule has 1 aliphatic carbocycles. The summed E-state index contributed by atoms with van der Waals surface area (Å²) in [6.45, 7) is 2.92. The second kappa shape index (κ2) is 5.48. The fourth-order valence-corrected chi connectivity index (χ4v) is 4.81. The van der Waals surface area contributed by atoms with Crippen molar-refractivity contribution >= 4 is 16.8 Å². The first-order valence-corrected chi connectivity index (χ1v) is 9.19. The lowest BCUT2D eigenvalue weighted by Crippen LogP contribution is -2.46. The van der Waals surface area contributed by atoms with Crippen molar-refractivity contribution in [1.29, 1.82) is 0 Å². The number of H-pyrrole nitrogens is 1. The fourth-order valence-electron chi connectivity index (χ4n) is 4.81. The third-order valence-corrected chi connectivity index (χ3v) is 5.93. The van der Waals surface area contributed by atoms with Gasteiger partial charge in [-0.05, 0) is 61.6 Å². The summed E-state index contributed by atoms with van der Waals surface area (Å²) in [6, 6.07) is 17.2. The van der Waals surface area contributed by atoms with Crippen molar-refractivity contribution in [2.24, 2.45) is 0 Å². The summed E-state index contributed by atoms with van der Waals surface area (Å²) in [7, 11) is 0. The van der Waals surface area contributed by atoms with E-state index in [4.69, 9.17) is 0 Å². The summed E-state index contributed by atoms with van der Waals surface area (Å²) in [6.07, 6.45) is 3.28. The number of benzene rings is 2. The second-order valence-corrected chi connectivity index (χ2v) is 7.47. The minimum atomic E-state index is 0.184. The number of hydrogen-bond donors (Lipinski definition) is 1. The predicted octanol–water partition coefficient (Wildman–Crippen LogP) is 4.42. The lowest BCUT2D eigenvalue weighted by molar-refractivity contribution is 0.0595. The van der Waals surface area contributed by atoms with Crippen LogP contribution in [0.5, 0.6) is 0 Å². The van der Waals surface area contributed by atoms with Crippen molar-refractivity contribution < 1.29 is 4.79 Å². The van der Waals surface area contributed by atoms with Crippen LogP contribution in [0.4, 0.5) is 0 Å². The maximum absolute atomic E-state index is 13.3. The van der Waals surface area contributed by atoms with Gasteiger partial charge in [0, 0.05) is 40.7 Å². The van der Waals surface area contributed by atoms with Gasteiger partial charge in [-0.2, -0.15) is 0 Å². The molecule has 2 aliphatic rings. The van der Waals surface area contributed by atoms with Crippen LogP contribution in [-0.4, -0.2) is 28.4 Å². The van der Waals surface area contributed by atoms with Crippen molar-refractivity contribution in [3.8, 4) is 0 Å². The van der Waals surface area contributed by atoms with Crippen LogP contribution in [0.25, 0.3) is 10.9 Å². The van der Waals surface area contributed by atoms with Gasteiger partial charge < -0.3 is 9.88 Å². The van der Waals surface area contributed by atoms with Crippen molar-refractivity contribution in [3.05, 3.63) is 70.9 Å². The van der Waals surface area contributed by atoms with Crippen LogP contribution >= 0.6 is 0 Å². The van der Waals surface area contributed by atoms with Gasteiger partial charge in [0.15, 0.2) is 0 Å². The topological polar surface area (TPSA) is 36.1 Å². The van der Waals surface area contributed by atoms with Crippen LogP contribution < -0.4 is 0 Å². The number of aromatic nitrogens is 1. The van der Waals surface area contributed by atoms with Crippen molar-refractivity contribution in [2.75, 3.05) is 6.54 Å². The van der Waals surface area contributed by atoms with E-state index in [-0.39, 0.29) is 5.91 Å². The first-order valence-electron chi connectivity index (χ1n) is 9.19. The van der Waals surface area contributed by atoms with Gasteiger partial charge in [0.05, 0.1) is 0 Å². The van der Waals surface area contributed by atoms with E-state index in [1.54, 1.807) is 0 Å². The van der Waals surface area contributed by atoms with Crippen molar-refractivity contribution in [3.63, 3.8) is 0 Å². The Hall–Kier alpha value is -2.55. The predicted molar refractivity (Wildman–Crippen MR) is 100.0 cm³/mol. The highest BCUT2D eigenvalue weighted by molar-refractivity contribution is 5.98. The number of rotatable bonds is 1. The van der Waals surface area contributed by atoms with E-state index in [0.717, 1.165) is 41.5 Å². The van der Waals surface area contributed by atoms with Crippen LogP contribution in [0.2, 0.25) is 0 Å². The van der Waals surface area contributed by atoms with Crippen LogP contribution in [-0.2, 0) is 6.42 Å². The molecule has 1 fully saturated rings. The zero-order chi connectivity index (χ0) is 17.0. The highest BCUT2D eigenvalue weighted by Crippen LogP contribution is 2.42. The summed E-state index contributed by atoms with van der Waals surface area (Å²) in [4.78, 5) is 18.7. The van der Waals surface area contributed by atoms with E-state index in [9.17, 15) is 4.79 Å². The molecule has 2 aromatic carbocycles. The van der Waals surface area contributed by atoms with Crippen molar-refractivity contribution in [2.45, 2.75) is 38.1 Å². The van der Waals surface area contributed by atoms with Gasteiger partial charge in [-0.25, -0.2) is 0 Å². The maximum atomic E-state index is 13.3. The molecule has 3 heteroatoms. The Kier molecular flexibility index (Phi) is 3.24. The Morgan fingerprint density at radius 1 is 1.16 bits per heavy atom. The Balaban J connectivity index is 1.48. The van der Waals surface area contributed by atoms with E-state index < -0.39 is 0 Å². The first kappa shape index (κ1) is 14.8. The number of carbonyl (C=O) groups excluding carboxylic acids is 1. The lowest BCUT2D eigenvalue weighted by Gasteiger charge is -2.38. The quantitative estimate of drug-likeness (QED) is 0.704. The van der Waals surface area contributed by atoms with E-state index >= 15 is 0 Å². The number of amides is 1. The molecular weight excluding hydrogens is 308 g/mol. The molecule has 1 amide bonds. The Labute approximate surface area is 147 Å². The standard InChI is InChI=1S/C22H22N2O/c1-14-11-17-12-16(8-9-20(17)23-14)22(25)24-10-4-7-19-18-6-3-2-5-15(18)13-21(19)24/h2-3,5-6,8-9,11-12,19,21,23H,4,7,10,13H2,1H3/t19?,21-/m0/s1. The third-order valence-electron chi connectivity index (χ3n) is 5.93. The Morgan fingerprint density at radius 3 is 2.96 bits per heavy atom. The molecule has 1 aromatic heterocycles. The van der Waals surface area contributed by atoms with E-state index in [1.807, 2.05) is 25.1 Å². The van der Waals surface area contributed by atoms with Gasteiger partial charge in [-0.15, -0.1) is 0 Å². The monoisotopic (exact) mass is 330 g/mol. The van der Waals surface area contributed by atoms with Crippen molar-refractivity contribution in [1.82, 2.24) is 9.88 Å². The lowest BCUT2D eigenvalue weighted by atomic mass is 9.88. The highest BCUT2D eigenvalue weighted by atomic mass is 16.2. The molecule has 126 valence electrons. The number of aromatic amines is 1. The van der Waals surface area contributed by atoms with Gasteiger partial charge in [0.2, 0.25) is 0 Å². The fraction of sp³-hybridized carbons (Fsp3) is 0.318. The van der Waals surface area contributed by atoms with Gasteiger partial charge >= 0.3 is 0 Å². The summed E-state index contributed by atoms with van der Waals surface area (Å²) < 4.78 is 0. The number of hydrogen-bond acceptors (Lipinski definition) is 1. The van der Waals surface area contributed by atoms with Crippen LogP contribution in [0.3, 0.4) is 0 Å². The summed E-state index contributed by atoms with van der Waals surface area (Å²) >= 11 is 0. The van der Waals surface area contributed by atoms with Gasteiger partial charge in [0.1, 0.15) is 0 Å². The maximum Gasteiger partial charge on any atom is 0.254 e. The van der Waals surface area contributed by atoms with Gasteiger partial charge in [-0.3, -0.25) is 4.79 Å². The molecule has 2 heterocycles. The zero-order valence-electron chi connectivity index (χ0n) is 14.5. The molecule has 1 aliphatic heterocycles. The zero-order valence-corrected chi connectivity index (χ0v) is 14.5. The molecule has 0 radical (unpaired) electrons. The van der Waals surface area contributed by atoms with Crippen LogP contribution in [0, 0.1) is 6.92 Å². The number of fused-ring (bicyclic) bond motifs is 4. The molecular formula is C22H22N2O. The molecule has 5 rings (SSSR count). The molecule has 0 bridgehead atoms.